The van der Waals surface area contributed by atoms with E-state index in [1.165, 1.54) is 16.9 Å². The number of aryl methyl sites for hydroxylation is 2. The molecule has 0 aliphatic heterocycles. The summed E-state index contributed by atoms with van der Waals surface area (Å²) in [6.45, 7) is 1.80. The maximum absolute atomic E-state index is 12.4. The van der Waals surface area contributed by atoms with Crippen LogP contribution in [0.5, 0.6) is 11.5 Å². The SMILES string of the molecule is COc1ccc(CCCCC(=O)c2ccc(CCC(C)(N)CO)s2)cc1OC. The molecule has 2 aromatic rings. The highest BCUT2D eigenvalue weighted by Gasteiger charge is 2.17. The van der Waals surface area contributed by atoms with Crippen molar-refractivity contribution in [2.75, 3.05) is 20.8 Å². The molecule has 0 radical (unpaired) electrons. The van der Waals surface area contributed by atoms with E-state index in [1.807, 2.05) is 37.3 Å². The van der Waals surface area contributed by atoms with E-state index in [9.17, 15) is 9.90 Å². The minimum absolute atomic E-state index is 0.0375. The maximum atomic E-state index is 12.4. The Morgan fingerprint density at radius 2 is 1.86 bits per heavy atom. The quantitative estimate of drug-likeness (QED) is 0.412. The van der Waals surface area contributed by atoms with Crippen molar-refractivity contribution < 1.29 is 19.4 Å². The molecule has 2 rings (SSSR count). The molecule has 1 unspecified atom stereocenters. The summed E-state index contributed by atoms with van der Waals surface area (Å²) in [6.07, 6.45) is 4.74. The van der Waals surface area contributed by atoms with Crippen LogP contribution >= 0.6 is 11.3 Å². The molecule has 0 fully saturated rings. The summed E-state index contributed by atoms with van der Waals surface area (Å²) < 4.78 is 10.6. The molecular weight excluding hydrogens is 374 g/mol. The van der Waals surface area contributed by atoms with Gasteiger partial charge in [-0.1, -0.05) is 6.07 Å². The van der Waals surface area contributed by atoms with Gasteiger partial charge >= 0.3 is 0 Å². The van der Waals surface area contributed by atoms with Crippen LogP contribution in [0.4, 0.5) is 0 Å². The standard InChI is InChI=1S/C22H31NO4S/c1-22(23,15-24)13-12-17-9-11-21(28-17)18(25)7-5-4-6-16-8-10-19(26-2)20(14-16)27-3/h8-11,14,24H,4-7,12-13,15,23H2,1-3H3. The van der Waals surface area contributed by atoms with Gasteiger partial charge in [-0.15, -0.1) is 11.3 Å². The first-order valence-electron chi connectivity index (χ1n) is 9.61. The van der Waals surface area contributed by atoms with Gasteiger partial charge in [0.2, 0.25) is 0 Å². The lowest BCUT2D eigenvalue weighted by atomic mass is 9.98. The van der Waals surface area contributed by atoms with Crippen LogP contribution in [0.3, 0.4) is 0 Å². The van der Waals surface area contributed by atoms with E-state index in [2.05, 4.69) is 0 Å². The van der Waals surface area contributed by atoms with E-state index in [1.54, 1.807) is 14.2 Å². The summed E-state index contributed by atoms with van der Waals surface area (Å²) >= 11 is 1.54. The van der Waals surface area contributed by atoms with Gasteiger partial charge in [0.05, 0.1) is 25.7 Å². The molecule has 0 saturated heterocycles. The van der Waals surface area contributed by atoms with Crippen molar-refractivity contribution >= 4 is 17.1 Å². The number of aliphatic hydroxyl groups is 1. The van der Waals surface area contributed by atoms with Gasteiger partial charge < -0.3 is 20.3 Å². The Balaban J connectivity index is 1.77. The van der Waals surface area contributed by atoms with Gasteiger partial charge in [0.15, 0.2) is 17.3 Å². The normalized spacial score (nSPS) is 13.2. The van der Waals surface area contributed by atoms with Crippen molar-refractivity contribution in [2.45, 2.75) is 51.0 Å². The molecule has 0 aliphatic rings. The number of ketones is 1. The number of unbranched alkanes of at least 4 members (excludes halogenated alkanes) is 1. The monoisotopic (exact) mass is 405 g/mol. The van der Waals surface area contributed by atoms with E-state index in [4.69, 9.17) is 15.2 Å². The summed E-state index contributed by atoms with van der Waals surface area (Å²) in [5, 5.41) is 9.23. The van der Waals surface area contributed by atoms with Crippen LogP contribution < -0.4 is 15.2 Å². The zero-order chi connectivity index (χ0) is 20.6. The number of aliphatic hydroxyl groups excluding tert-OH is 1. The summed E-state index contributed by atoms with van der Waals surface area (Å²) in [5.74, 6) is 1.65. The summed E-state index contributed by atoms with van der Waals surface area (Å²) in [5.41, 5.74) is 6.57. The van der Waals surface area contributed by atoms with Crippen molar-refractivity contribution in [2.24, 2.45) is 5.73 Å². The minimum Gasteiger partial charge on any atom is -0.493 e. The highest BCUT2D eigenvalue weighted by molar-refractivity contribution is 7.14. The zero-order valence-corrected chi connectivity index (χ0v) is 17.8. The molecule has 5 nitrogen and oxygen atoms in total. The molecule has 0 spiro atoms. The molecule has 0 saturated carbocycles. The van der Waals surface area contributed by atoms with E-state index in [0.717, 1.165) is 46.9 Å². The molecular formula is C22H31NO4S. The van der Waals surface area contributed by atoms with Gasteiger partial charge in [-0.2, -0.15) is 0 Å². The number of ether oxygens (including phenoxy) is 2. The summed E-state index contributed by atoms with van der Waals surface area (Å²) in [6, 6.07) is 9.84. The molecule has 154 valence electrons. The lowest BCUT2D eigenvalue weighted by molar-refractivity contribution is 0.0983. The van der Waals surface area contributed by atoms with Crippen LogP contribution in [0, 0.1) is 0 Å². The Bertz CT molecular complexity index is 770. The maximum Gasteiger partial charge on any atom is 0.172 e. The number of thiophene rings is 1. The summed E-state index contributed by atoms with van der Waals surface area (Å²) in [4.78, 5) is 14.4. The average molecular weight is 406 g/mol. The van der Waals surface area contributed by atoms with Gasteiger partial charge in [0.25, 0.3) is 0 Å². The molecule has 1 aromatic carbocycles. The Labute approximate surface area is 171 Å². The summed E-state index contributed by atoms with van der Waals surface area (Å²) in [7, 11) is 3.26. The van der Waals surface area contributed by atoms with Crippen molar-refractivity contribution in [3.8, 4) is 11.5 Å². The predicted octanol–water partition coefficient (Wildman–Crippen LogP) is 4.00. The number of methoxy groups -OCH3 is 2. The number of hydrogen-bond acceptors (Lipinski definition) is 6. The lowest BCUT2D eigenvalue weighted by Gasteiger charge is -2.20. The predicted molar refractivity (Wildman–Crippen MR) is 114 cm³/mol. The molecule has 0 amide bonds. The molecule has 0 bridgehead atoms. The van der Waals surface area contributed by atoms with E-state index < -0.39 is 5.54 Å². The van der Waals surface area contributed by atoms with E-state index in [0.29, 0.717) is 12.8 Å². The number of rotatable bonds is 12. The van der Waals surface area contributed by atoms with Gasteiger partial charge in [-0.05, 0) is 68.9 Å². The second kappa shape index (κ2) is 10.6. The number of Topliss-reactive ketones (excluding diaryl/α,β-unsaturated/α-hetero) is 1. The molecule has 6 heteroatoms. The average Bonchev–Trinajstić information content (AvgIpc) is 3.18. The number of benzene rings is 1. The second-order valence-corrected chi connectivity index (χ2v) is 8.57. The first kappa shape index (κ1) is 22.4. The van der Waals surface area contributed by atoms with E-state index in [-0.39, 0.29) is 12.4 Å². The Morgan fingerprint density at radius 1 is 1.11 bits per heavy atom. The third-order valence-corrected chi connectivity index (χ3v) is 5.99. The van der Waals surface area contributed by atoms with Crippen LogP contribution in [-0.4, -0.2) is 37.3 Å². The van der Waals surface area contributed by atoms with Crippen molar-refractivity contribution in [1.82, 2.24) is 0 Å². The third-order valence-electron chi connectivity index (χ3n) is 4.81. The topological polar surface area (TPSA) is 81.8 Å². The van der Waals surface area contributed by atoms with Crippen molar-refractivity contribution in [3.05, 3.63) is 45.6 Å². The molecule has 1 aromatic heterocycles. The van der Waals surface area contributed by atoms with Gasteiger partial charge in [-0.25, -0.2) is 0 Å². The molecule has 1 heterocycles. The Morgan fingerprint density at radius 3 is 2.54 bits per heavy atom. The highest BCUT2D eigenvalue weighted by atomic mass is 32.1. The smallest absolute Gasteiger partial charge is 0.172 e. The number of nitrogens with two attached hydrogens (primary N) is 1. The largest absolute Gasteiger partial charge is 0.493 e. The first-order chi connectivity index (χ1) is 13.4. The minimum atomic E-state index is -0.571. The van der Waals surface area contributed by atoms with Crippen LogP contribution in [0.1, 0.15) is 52.7 Å². The number of carbonyl (C=O) groups excluding carboxylic acids is 1. The third kappa shape index (κ3) is 6.62. The fraction of sp³-hybridized carbons (Fsp3) is 0.500. The Hall–Kier alpha value is -1.89. The molecule has 1 atom stereocenters. The second-order valence-electron chi connectivity index (χ2n) is 7.40. The fourth-order valence-electron chi connectivity index (χ4n) is 2.92. The van der Waals surface area contributed by atoms with Crippen LogP contribution in [0.2, 0.25) is 0 Å². The molecule has 0 aliphatic carbocycles. The van der Waals surface area contributed by atoms with Crippen molar-refractivity contribution in [3.63, 3.8) is 0 Å². The van der Waals surface area contributed by atoms with Gasteiger partial charge in [0.1, 0.15) is 0 Å². The lowest BCUT2D eigenvalue weighted by Crippen LogP contribution is -2.40. The van der Waals surface area contributed by atoms with Crippen LogP contribution in [0.25, 0.3) is 0 Å². The number of carbonyl (C=O) groups is 1. The van der Waals surface area contributed by atoms with Gasteiger partial charge in [0, 0.05) is 16.8 Å². The number of hydrogen-bond donors (Lipinski definition) is 2. The Kier molecular flexibility index (Phi) is 8.48. The first-order valence-corrected chi connectivity index (χ1v) is 10.4. The van der Waals surface area contributed by atoms with E-state index >= 15 is 0 Å². The zero-order valence-electron chi connectivity index (χ0n) is 17.0. The van der Waals surface area contributed by atoms with Crippen LogP contribution in [-0.2, 0) is 12.8 Å². The van der Waals surface area contributed by atoms with Crippen LogP contribution in [0.15, 0.2) is 30.3 Å². The fourth-order valence-corrected chi connectivity index (χ4v) is 3.90. The van der Waals surface area contributed by atoms with Gasteiger partial charge in [-0.3, -0.25) is 4.79 Å². The highest BCUT2D eigenvalue weighted by Crippen LogP contribution is 2.28. The molecule has 28 heavy (non-hydrogen) atoms. The molecule has 3 N–H and O–H groups in total. The van der Waals surface area contributed by atoms with Crippen molar-refractivity contribution in [1.29, 1.82) is 0 Å².